The van der Waals surface area contributed by atoms with Crippen LogP contribution in [-0.2, 0) is 27.8 Å². The van der Waals surface area contributed by atoms with E-state index in [4.69, 9.17) is 24.5 Å². The Morgan fingerprint density at radius 1 is 0.935 bits per heavy atom. The van der Waals surface area contributed by atoms with Crippen LogP contribution in [0.15, 0.2) is 48.7 Å². The maximum absolute atomic E-state index is 13.5. The van der Waals surface area contributed by atoms with Crippen LogP contribution in [0.5, 0.6) is 5.88 Å². The Balaban J connectivity index is 0.000000875. The Labute approximate surface area is 265 Å². The molecule has 0 aliphatic carbocycles. The van der Waals surface area contributed by atoms with Crippen molar-refractivity contribution in [2.45, 2.75) is 58.2 Å². The first-order valence-electron chi connectivity index (χ1n) is 14.9. The van der Waals surface area contributed by atoms with E-state index in [1.54, 1.807) is 12.3 Å². The number of alkyl halides is 3. The highest BCUT2D eigenvalue weighted by Crippen LogP contribution is 2.32. The second-order valence-corrected chi connectivity index (χ2v) is 11.6. The van der Waals surface area contributed by atoms with Crippen molar-refractivity contribution in [1.29, 1.82) is 0 Å². The molecule has 1 aromatic carbocycles. The van der Waals surface area contributed by atoms with Crippen molar-refractivity contribution >= 4 is 23.7 Å². The smallest absolute Gasteiger partial charge is 0.433 e. The minimum absolute atomic E-state index is 0.211. The molecule has 0 unspecified atom stereocenters. The summed E-state index contributed by atoms with van der Waals surface area (Å²) in [7, 11) is 0. The molecule has 0 saturated carbocycles. The Hall–Kier alpha value is -4.53. The largest absolute Gasteiger partial charge is 0.473 e. The van der Waals surface area contributed by atoms with E-state index < -0.39 is 29.2 Å². The number of carboxylic acid groups (broad SMARTS) is 2. The third-order valence-electron chi connectivity index (χ3n) is 6.81. The first kappa shape index (κ1) is 35.9. The van der Waals surface area contributed by atoms with Crippen LogP contribution >= 0.6 is 0 Å². The van der Waals surface area contributed by atoms with Crippen LogP contribution in [-0.4, -0.2) is 86.3 Å². The molecule has 3 heterocycles. The normalized spacial score (nSPS) is 14.1. The standard InChI is InChI=1S/C29H38F3N7O.C2H2O4/c1-28(2,3)26-35-23(29(30,31)32)20-24(36-26)39-17-9-16-38(18-19-39)15-8-7-13-33-27-34-14-12-25(37-27)40-21-22-10-5-4-6-11-22;3-1(4)2(5)6/h4-6,10-12,14,20H,7-9,13,15-19,21H2,1-3H3,(H,33,34,37);(H,3,4)(H,5,6). The minimum Gasteiger partial charge on any atom is -0.473 e. The third kappa shape index (κ3) is 12.1. The lowest BCUT2D eigenvalue weighted by Gasteiger charge is -2.26. The van der Waals surface area contributed by atoms with E-state index in [0.717, 1.165) is 57.1 Å². The summed E-state index contributed by atoms with van der Waals surface area (Å²) in [5, 5.41) is 18.0. The number of unbranched alkanes of at least 4 members (excludes halogenated alkanes) is 1. The summed E-state index contributed by atoms with van der Waals surface area (Å²) in [6.45, 7) is 10.5. The van der Waals surface area contributed by atoms with Crippen LogP contribution in [0.2, 0.25) is 0 Å². The lowest BCUT2D eigenvalue weighted by molar-refractivity contribution is -0.159. The molecule has 3 aromatic rings. The minimum atomic E-state index is -4.51. The average molecular weight is 648 g/mol. The molecule has 1 aliphatic heterocycles. The Kier molecular flexibility index (Phi) is 13.0. The van der Waals surface area contributed by atoms with Crippen LogP contribution in [0.25, 0.3) is 0 Å². The number of carbonyl (C=O) groups is 2. The van der Waals surface area contributed by atoms with Crippen molar-refractivity contribution in [1.82, 2.24) is 24.8 Å². The van der Waals surface area contributed by atoms with Gasteiger partial charge in [-0.15, -0.1) is 0 Å². The molecule has 0 bridgehead atoms. The lowest BCUT2D eigenvalue weighted by Crippen LogP contribution is -2.33. The van der Waals surface area contributed by atoms with Crippen LogP contribution in [0.3, 0.4) is 0 Å². The molecule has 4 rings (SSSR count). The zero-order valence-corrected chi connectivity index (χ0v) is 26.1. The monoisotopic (exact) mass is 647 g/mol. The molecule has 0 spiro atoms. The first-order chi connectivity index (χ1) is 21.7. The van der Waals surface area contributed by atoms with Gasteiger partial charge in [0, 0.05) is 49.9 Å². The van der Waals surface area contributed by atoms with Crippen molar-refractivity contribution in [2.24, 2.45) is 0 Å². The van der Waals surface area contributed by atoms with Crippen LogP contribution in [0.1, 0.15) is 57.1 Å². The fourth-order valence-corrected chi connectivity index (χ4v) is 4.40. The highest BCUT2D eigenvalue weighted by Gasteiger charge is 2.35. The summed E-state index contributed by atoms with van der Waals surface area (Å²) >= 11 is 0. The quantitative estimate of drug-likeness (QED) is 0.206. The van der Waals surface area contributed by atoms with Crippen molar-refractivity contribution in [2.75, 3.05) is 49.5 Å². The maximum Gasteiger partial charge on any atom is 0.433 e. The number of nitrogens with zero attached hydrogens (tertiary/aromatic N) is 6. The number of aromatic nitrogens is 4. The lowest BCUT2D eigenvalue weighted by atomic mass is 9.95. The molecule has 12 nitrogen and oxygen atoms in total. The Bertz CT molecular complexity index is 1380. The van der Waals surface area contributed by atoms with Gasteiger partial charge >= 0.3 is 18.1 Å². The molecule has 1 saturated heterocycles. The molecule has 1 aliphatic rings. The molecule has 46 heavy (non-hydrogen) atoms. The summed E-state index contributed by atoms with van der Waals surface area (Å²) in [6.07, 6.45) is -0.0484. The first-order valence-corrected chi connectivity index (χ1v) is 14.9. The molecule has 2 aromatic heterocycles. The second kappa shape index (κ2) is 16.7. The van der Waals surface area contributed by atoms with Gasteiger partial charge in [0.2, 0.25) is 11.8 Å². The van der Waals surface area contributed by atoms with Gasteiger partial charge in [-0.05, 0) is 37.9 Å². The topological polar surface area (TPSA) is 154 Å². The zero-order valence-electron chi connectivity index (χ0n) is 26.1. The van der Waals surface area contributed by atoms with Crippen LogP contribution in [0, 0.1) is 0 Å². The van der Waals surface area contributed by atoms with Crippen molar-refractivity contribution < 1.29 is 37.7 Å². The van der Waals surface area contributed by atoms with Gasteiger partial charge in [0.1, 0.15) is 23.9 Å². The number of aliphatic carboxylic acids is 2. The van der Waals surface area contributed by atoms with Crippen molar-refractivity contribution in [3.05, 3.63) is 65.7 Å². The average Bonchev–Trinajstić information content (AvgIpc) is 3.26. The molecule has 0 radical (unpaired) electrons. The number of hydrogen-bond acceptors (Lipinski definition) is 10. The number of anilines is 2. The molecule has 250 valence electrons. The third-order valence-corrected chi connectivity index (χ3v) is 6.81. The number of rotatable bonds is 10. The molecule has 0 amide bonds. The van der Waals surface area contributed by atoms with E-state index in [1.807, 2.05) is 56.0 Å². The number of carboxylic acids is 2. The second-order valence-electron chi connectivity index (χ2n) is 11.6. The predicted octanol–water partition coefficient (Wildman–Crippen LogP) is 4.72. The van der Waals surface area contributed by atoms with Crippen molar-refractivity contribution in [3.63, 3.8) is 0 Å². The molecule has 3 N–H and O–H groups in total. The summed E-state index contributed by atoms with van der Waals surface area (Å²) in [4.78, 5) is 39.6. The highest BCUT2D eigenvalue weighted by atomic mass is 19.4. The van der Waals surface area contributed by atoms with Crippen LogP contribution in [0.4, 0.5) is 24.9 Å². The van der Waals surface area contributed by atoms with Gasteiger partial charge in [-0.2, -0.15) is 18.2 Å². The highest BCUT2D eigenvalue weighted by molar-refractivity contribution is 6.27. The predicted molar refractivity (Wildman–Crippen MR) is 165 cm³/mol. The van der Waals surface area contributed by atoms with E-state index >= 15 is 0 Å². The fourth-order valence-electron chi connectivity index (χ4n) is 4.40. The van der Waals surface area contributed by atoms with E-state index in [2.05, 4.69) is 30.2 Å². The molecular formula is C31H40F3N7O5. The summed E-state index contributed by atoms with van der Waals surface area (Å²) in [6, 6.07) is 12.8. The van der Waals surface area contributed by atoms with E-state index in [9.17, 15) is 13.2 Å². The SMILES string of the molecule is CC(C)(C)c1nc(N2CCCN(CCCCNc3nccc(OCc4ccccc4)n3)CC2)cc(C(F)(F)F)n1.O=C(O)C(=O)O. The Morgan fingerprint density at radius 2 is 1.65 bits per heavy atom. The summed E-state index contributed by atoms with van der Waals surface area (Å²) < 4.78 is 46.4. The van der Waals surface area contributed by atoms with Crippen LogP contribution < -0.4 is 15.0 Å². The summed E-state index contributed by atoms with van der Waals surface area (Å²) in [5.41, 5.74) is -0.387. The van der Waals surface area contributed by atoms with Gasteiger partial charge in [0.05, 0.1) is 0 Å². The van der Waals surface area contributed by atoms with E-state index in [0.29, 0.717) is 37.3 Å². The van der Waals surface area contributed by atoms with Gasteiger partial charge < -0.3 is 30.1 Å². The Morgan fingerprint density at radius 3 is 2.30 bits per heavy atom. The van der Waals surface area contributed by atoms with Gasteiger partial charge in [0.15, 0.2) is 0 Å². The zero-order chi connectivity index (χ0) is 33.7. The summed E-state index contributed by atoms with van der Waals surface area (Å²) in [5.74, 6) is -2.02. The van der Waals surface area contributed by atoms with E-state index in [1.165, 1.54) is 0 Å². The number of nitrogens with one attached hydrogen (secondary N) is 1. The number of halogens is 3. The number of benzene rings is 1. The van der Waals surface area contributed by atoms with Crippen molar-refractivity contribution in [3.8, 4) is 5.88 Å². The van der Waals surface area contributed by atoms with Gasteiger partial charge in [0.25, 0.3) is 0 Å². The van der Waals surface area contributed by atoms with Gasteiger partial charge in [-0.25, -0.2) is 24.5 Å². The number of hydrogen-bond donors (Lipinski definition) is 3. The fraction of sp³-hybridized carbons (Fsp3) is 0.484. The van der Waals surface area contributed by atoms with E-state index in [-0.39, 0.29) is 5.82 Å². The number of ether oxygens (including phenoxy) is 1. The maximum atomic E-state index is 13.5. The molecule has 0 atom stereocenters. The van der Waals surface area contributed by atoms with Gasteiger partial charge in [-0.3, -0.25) is 0 Å². The molecular weight excluding hydrogens is 607 g/mol. The molecule has 15 heteroatoms. The molecule has 1 fully saturated rings. The van der Waals surface area contributed by atoms with Gasteiger partial charge in [-0.1, -0.05) is 51.1 Å².